The van der Waals surface area contributed by atoms with Crippen molar-refractivity contribution in [2.75, 3.05) is 5.32 Å². The number of fused-ring (bicyclic) bond motifs is 1. The van der Waals surface area contributed by atoms with Crippen molar-refractivity contribution in [3.8, 4) is 0 Å². The molecule has 0 spiro atoms. The van der Waals surface area contributed by atoms with Crippen molar-refractivity contribution in [1.29, 1.82) is 0 Å². The normalized spacial score (nSPS) is 10.1. The van der Waals surface area contributed by atoms with Gasteiger partial charge in [-0.15, -0.1) is 12.4 Å². The predicted molar refractivity (Wildman–Crippen MR) is 91.2 cm³/mol. The monoisotopic (exact) mass is 348 g/mol. The first kappa shape index (κ1) is 14.8. The van der Waals surface area contributed by atoms with Crippen molar-refractivity contribution in [2.24, 2.45) is 0 Å². The maximum Gasteiger partial charge on any atom is 0.131 e. The fourth-order valence-electron chi connectivity index (χ4n) is 2.11. The summed E-state index contributed by atoms with van der Waals surface area (Å²) in [6, 6.07) is 18.3. The number of para-hydroxylation sites is 2. The van der Waals surface area contributed by atoms with E-state index < -0.39 is 0 Å². The maximum atomic E-state index is 4.64. The molecule has 3 aromatic rings. The molecule has 0 bridgehead atoms. The molecule has 0 saturated heterocycles. The second-order valence-electron chi connectivity index (χ2n) is 4.45. The van der Waals surface area contributed by atoms with Gasteiger partial charge in [-0.25, -0.2) is 4.98 Å². The fraction of sp³-hybridized carbons (Fsp3) is 0.0625. The molecular formula is C16H14BrClN2. The van der Waals surface area contributed by atoms with Crippen LogP contribution in [-0.2, 0) is 0 Å². The molecule has 1 N–H and O–H groups in total. The molecule has 3 rings (SSSR count). The molecule has 0 aliphatic carbocycles. The Morgan fingerprint density at radius 1 is 1.00 bits per heavy atom. The molecule has 0 atom stereocenters. The molecule has 0 radical (unpaired) electrons. The molecule has 0 amide bonds. The van der Waals surface area contributed by atoms with E-state index in [1.165, 1.54) is 10.9 Å². The van der Waals surface area contributed by atoms with Gasteiger partial charge in [-0.2, -0.15) is 0 Å². The first-order valence-corrected chi connectivity index (χ1v) is 6.91. The Labute approximate surface area is 132 Å². The van der Waals surface area contributed by atoms with Gasteiger partial charge in [-0.3, -0.25) is 0 Å². The number of benzene rings is 2. The lowest BCUT2D eigenvalue weighted by molar-refractivity contribution is 1.34. The number of rotatable bonds is 2. The minimum Gasteiger partial charge on any atom is -0.339 e. The summed E-state index contributed by atoms with van der Waals surface area (Å²) in [6.07, 6.45) is 0. The maximum absolute atomic E-state index is 4.64. The van der Waals surface area contributed by atoms with E-state index in [0.717, 1.165) is 21.5 Å². The highest BCUT2D eigenvalue weighted by Gasteiger charge is 2.04. The van der Waals surface area contributed by atoms with Crippen LogP contribution in [0.15, 0.2) is 59.1 Å². The lowest BCUT2D eigenvalue weighted by Gasteiger charge is -2.10. The number of hydrogen-bond acceptors (Lipinski definition) is 2. The van der Waals surface area contributed by atoms with Crippen LogP contribution >= 0.6 is 28.3 Å². The van der Waals surface area contributed by atoms with Crippen LogP contribution < -0.4 is 5.32 Å². The zero-order valence-corrected chi connectivity index (χ0v) is 13.3. The van der Waals surface area contributed by atoms with Crippen LogP contribution in [0.5, 0.6) is 0 Å². The number of hydrogen-bond donors (Lipinski definition) is 1. The smallest absolute Gasteiger partial charge is 0.131 e. The van der Waals surface area contributed by atoms with E-state index in [0.29, 0.717) is 0 Å². The topological polar surface area (TPSA) is 24.9 Å². The van der Waals surface area contributed by atoms with Crippen molar-refractivity contribution < 1.29 is 0 Å². The zero-order chi connectivity index (χ0) is 13.2. The Balaban J connectivity index is 0.00000147. The predicted octanol–water partition coefficient (Wildman–Crippen LogP) is 5.47. The molecular weight excluding hydrogens is 336 g/mol. The molecule has 1 heterocycles. The van der Waals surface area contributed by atoms with E-state index in [-0.39, 0.29) is 12.4 Å². The van der Waals surface area contributed by atoms with Gasteiger partial charge in [0, 0.05) is 9.86 Å². The molecule has 102 valence electrons. The highest BCUT2D eigenvalue weighted by Crippen LogP contribution is 2.26. The Kier molecular flexibility index (Phi) is 4.63. The fourth-order valence-corrected chi connectivity index (χ4v) is 2.50. The number of halogens is 2. The van der Waals surface area contributed by atoms with Gasteiger partial charge in [0.15, 0.2) is 0 Å². The van der Waals surface area contributed by atoms with Crippen LogP contribution in [-0.4, -0.2) is 4.98 Å². The summed E-state index contributed by atoms with van der Waals surface area (Å²) >= 11 is 3.53. The highest BCUT2D eigenvalue weighted by molar-refractivity contribution is 9.10. The Morgan fingerprint density at radius 3 is 2.50 bits per heavy atom. The minimum atomic E-state index is 0. The largest absolute Gasteiger partial charge is 0.339 e. The Morgan fingerprint density at radius 2 is 1.70 bits per heavy atom. The average molecular weight is 350 g/mol. The first-order chi connectivity index (χ1) is 9.24. The average Bonchev–Trinajstić information content (AvgIpc) is 2.42. The zero-order valence-electron chi connectivity index (χ0n) is 10.9. The number of nitrogens with one attached hydrogen (secondary N) is 1. The highest BCUT2D eigenvalue weighted by atomic mass is 79.9. The summed E-state index contributed by atoms with van der Waals surface area (Å²) in [7, 11) is 0. The van der Waals surface area contributed by atoms with E-state index in [9.17, 15) is 0 Å². The molecule has 1 aromatic heterocycles. The summed E-state index contributed by atoms with van der Waals surface area (Å²) in [4.78, 5) is 4.64. The van der Waals surface area contributed by atoms with E-state index in [2.05, 4.69) is 45.3 Å². The standard InChI is InChI=1S/C16H13BrN2.ClH/c1-11-10-16(18-14-8-4-2-6-12(11)14)19-15-9-5-3-7-13(15)17;/h2-10H,1H3,(H,18,19);1H. The van der Waals surface area contributed by atoms with Crippen LogP contribution in [0.1, 0.15) is 5.56 Å². The van der Waals surface area contributed by atoms with Crippen LogP contribution in [0.4, 0.5) is 11.5 Å². The molecule has 20 heavy (non-hydrogen) atoms. The molecule has 0 saturated carbocycles. The minimum absolute atomic E-state index is 0. The van der Waals surface area contributed by atoms with Gasteiger partial charge in [-0.05, 0) is 52.7 Å². The van der Waals surface area contributed by atoms with Gasteiger partial charge >= 0.3 is 0 Å². The Bertz CT molecular complexity index is 743. The first-order valence-electron chi connectivity index (χ1n) is 6.12. The van der Waals surface area contributed by atoms with E-state index in [1.54, 1.807) is 0 Å². The van der Waals surface area contributed by atoms with Gasteiger partial charge in [0.25, 0.3) is 0 Å². The van der Waals surface area contributed by atoms with Crippen LogP contribution in [0, 0.1) is 6.92 Å². The van der Waals surface area contributed by atoms with Gasteiger partial charge < -0.3 is 5.32 Å². The van der Waals surface area contributed by atoms with E-state index >= 15 is 0 Å². The number of nitrogens with zero attached hydrogens (tertiary/aromatic N) is 1. The van der Waals surface area contributed by atoms with Crippen LogP contribution in [0.25, 0.3) is 10.9 Å². The molecule has 2 aromatic carbocycles. The summed E-state index contributed by atoms with van der Waals surface area (Å²) in [5.74, 6) is 0.864. The van der Waals surface area contributed by atoms with Gasteiger partial charge in [-0.1, -0.05) is 30.3 Å². The third-order valence-electron chi connectivity index (χ3n) is 3.06. The van der Waals surface area contributed by atoms with Gasteiger partial charge in [0.1, 0.15) is 5.82 Å². The molecule has 0 fully saturated rings. The number of anilines is 2. The van der Waals surface area contributed by atoms with Crippen molar-refractivity contribution in [1.82, 2.24) is 4.98 Å². The molecule has 0 aliphatic heterocycles. The summed E-state index contributed by atoms with van der Waals surface area (Å²) in [5, 5.41) is 4.54. The van der Waals surface area contributed by atoms with Crippen molar-refractivity contribution >= 4 is 50.7 Å². The van der Waals surface area contributed by atoms with Gasteiger partial charge in [0.2, 0.25) is 0 Å². The summed E-state index contributed by atoms with van der Waals surface area (Å²) in [5.41, 5.74) is 3.25. The van der Waals surface area contributed by atoms with Crippen LogP contribution in [0.3, 0.4) is 0 Å². The second-order valence-corrected chi connectivity index (χ2v) is 5.30. The SMILES string of the molecule is Cc1cc(Nc2ccccc2Br)nc2ccccc12.Cl. The van der Waals surface area contributed by atoms with E-state index in [4.69, 9.17) is 0 Å². The van der Waals surface area contributed by atoms with Crippen molar-refractivity contribution in [2.45, 2.75) is 6.92 Å². The van der Waals surface area contributed by atoms with E-state index in [1.807, 2.05) is 42.5 Å². The number of pyridine rings is 1. The quantitative estimate of drug-likeness (QED) is 0.663. The molecule has 0 unspecified atom stereocenters. The third-order valence-corrected chi connectivity index (χ3v) is 3.75. The van der Waals surface area contributed by atoms with Crippen molar-refractivity contribution in [3.63, 3.8) is 0 Å². The van der Waals surface area contributed by atoms with Crippen LogP contribution in [0.2, 0.25) is 0 Å². The van der Waals surface area contributed by atoms with Crippen molar-refractivity contribution in [3.05, 3.63) is 64.6 Å². The number of aryl methyl sites for hydroxylation is 1. The Hall–Kier alpha value is -1.58. The summed E-state index contributed by atoms with van der Waals surface area (Å²) < 4.78 is 1.03. The number of aromatic nitrogens is 1. The lowest BCUT2D eigenvalue weighted by atomic mass is 10.1. The molecule has 2 nitrogen and oxygen atoms in total. The second kappa shape index (κ2) is 6.25. The summed E-state index contributed by atoms with van der Waals surface area (Å²) in [6.45, 7) is 2.11. The third kappa shape index (κ3) is 2.94. The lowest BCUT2D eigenvalue weighted by Crippen LogP contribution is -1.96. The van der Waals surface area contributed by atoms with Gasteiger partial charge in [0.05, 0.1) is 11.2 Å². The molecule has 0 aliphatic rings. The molecule has 4 heteroatoms.